The van der Waals surface area contributed by atoms with Crippen molar-refractivity contribution in [1.29, 1.82) is 0 Å². The fourth-order valence-corrected chi connectivity index (χ4v) is 3.58. The van der Waals surface area contributed by atoms with Crippen LogP contribution in [-0.4, -0.2) is 18.1 Å². The van der Waals surface area contributed by atoms with Gasteiger partial charge in [-0.25, -0.2) is 9.98 Å². The van der Waals surface area contributed by atoms with Crippen LogP contribution in [0.1, 0.15) is 16.3 Å². The Hall–Kier alpha value is -1.84. The van der Waals surface area contributed by atoms with E-state index in [1.54, 1.807) is 30.6 Å². The number of nitrogens with one attached hydrogen (secondary N) is 1. The predicted molar refractivity (Wildman–Crippen MR) is 128 cm³/mol. The highest BCUT2D eigenvalue weighted by Crippen LogP contribution is 2.27. The number of aryl methyl sites for hydroxylation is 2. The average molecular weight is 529 g/mol. The van der Waals surface area contributed by atoms with Crippen LogP contribution in [-0.2, 0) is 19.4 Å². The predicted octanol–water partition coefficient (Wildman–Crippen LogP) is 5.14. The second-order valence-electron chi connectivity index (χ2n) is 5.89. The molecule has 0 amide bonds. The van der Waals surface area contributed by atoms with Gasteiger partial charge in [-0.3, -0.25) is 0 Å². The van der Waals surface area contributed by atoms with Gasteiger partial charge in [-0.1, -0.05) is 41.9 Å². The van der Waals surface area contributed by atoms with E-state index in [1.807, 2.05) is 17.5 Å². The first-order chi connectivity index (χ1) is 13.1. The van der Waals surface area contributed by atoms with Crippen molar-refractivity contribution in [1.82, 2.24) is 4.98 Å². The van der Waals surface area contributed by atoms with Crippen molar-refractivity contribution in [2.45, 2.75) is 19.4 Å². The number of ether oxygens (including phenoxy) is 1. The molecular weight excluding hydrogens is 507 g/mol. The second kappa shape index (κ2) is 11.2. The number of methoxy groups -OCH3 is 1. The summed E-state index contributed by atoms with van der Waals surface area (Å²) in [7, 11) is 1.58. The highest BCUT2D eigenvalue weighted by molar-refractivity contribution is 14.0. The van der Waals surface area contributed by atoms with Crippen LogP contribution in [0.3, 0.4) is 0 Å². The van der Waals surface area contributed by atoms with Gasteiger partial charge in [-0.05, 0) is 30.2 Å². The van der Waals surface area contributed by atoms with E-state index in [1.165, 1.54) is 5.56 Å². The van der Waals surface area contributed by atoms with E-state index >= 15 is 0 Å². The molecule has 0 bridgehead atoms. The summed E-state index contributed by atoms with van der Waals surface area (Å²) < 4.78 is 5.13. The number of benzene rings is 2. The molecule has 0 aliphatic rings. The van der Waals surface area contributed by atoms with Crippen LogP contribution in [0.25, 0.3) is 0 Å². The molecule has 3 N–H and O–H groups in total. The molecule has 1 aromatic heterocycles. The molecule has 0 unspecified atom stereocenters. The number of hydrogen-bond acceptors (Lipinski definition) is 4. The van der Waals surface area contributed by atoms with Gasteiger partial charge in [0, 0.05) is 17.5 Å². The zero-order valence-corrected chi connectivity index (χ0v) is 19.3. The first kappa shape index (κ1) is 22.4. The zero-order chi connectivity index (χ0) is 19.1. The van der Waals surface area contributed by atoms with Crippen molar-refractivity contribution in [3.8, 4) is 5.75 Å². The Morgan fingerprint density at radius 3 is 2.71 bits per heavy atom. The van der Waals surface area contributed by atoms with Crippen molar-refractivity contribution in [3.63, 3.8) is 0 Å². The fraction of sp³-hybridized carbons (Fsp3) is 0.200. The van der Waals surface area contributed by atoms with Crippen molar-refractivity contribution in [2.75, 3.05) is 12.4 Å². The molecule has 0 fully saturated rings. The molecule has 3 rings (SSSR count). The summed E-state index contributed by atoms with van der Waals surface area (Å²) in [5.41, 5.74) is 8.95. The summed E-state index contributed by atoms with van der Waals surface area (Å²) >= 11 is 7.77. The number of hydrogen-bond donors (Lipinski definition) is 2. The molecule has 8 heteroatoms. The highest BCUT2D eigenvalue weighted by Gasteiger charge is 2.05. The maximum absolute atomic E-state index is 6.11. The van der Waals surface area contributed by atoms with Gasteiger partial charge in [0.2, 0.25) is 0 Å². The standard InChI is InChI=1S/C20H21ClN4OS.HI/c1-26-18-9-8-15(11-17(18)21)25-20(22)23-12-16-13-27-19(24-16)10-7-14-5-3-2-4-6-14;/h2-6,8-9,11,13H,7,10,12H2,1H3,(H3,22,23,25);1H. The molecule has 0 aliphatic carbocycles. The molecule has 28 heavy (non-hydrogen) atoms. The van der Waals surface area contributed by atoms with Crippen LogP contribution in [0.5, 0.6) is 5.75 Å². The molecule has 0 saturated carbocycles. The number of guanidine groups is 1. The number of thiazole rings is 1. The minimum Gasteiger partial charge on any atom is -0.495 e. The lowest BCUT2D eigenvalue weighted by atomic mass is 10.1. The first-order valence-corrected chi connectivity index (χ1v) is 9.77. The molecule has 2 aromatic carbocycles. The van der Waals surface area contributed by atoms with Gasteiger partial charge in [-0.2, -0.15) is 0 Å². The Morgan fingerprint density at radius 1 is 1.21 bits per heavy atom. The number of nitrogens with two attached hydrogens (primary N) is 1. The smallest absolute Gasteiger partial charge is 0.193 e. The normalized spacial score (nSPS) is 11.0. The van der Waals surface area contributed by atoms with Crippen LogP contribution in [0, 0.1) is 0 Å². The molecule has 148 valence electrons. The van der Waals surface area contributed by atoms with Gasteiger partial charge in [0.05, 0.1) is 29.4 Å². The van der Waals surface area contributed by atoms with Gasteiger partial charge in [0.25, 0.3) is 0 Å². The summed E-state index contributed by atoms with van der Waals surface area (Å²) in [6, 6.07) is 15.8. The lowest BCUT2D eigenvalue weighted by Gasteiger charge is -2.08. The van der Waals surface area contributed by atoms with Gasteiger partial charge < -0.3 is 15.8 Å². The minimum absolute atomic E-state index is 0. The lowest BCUT2D eigenvalue weighted by molar-refractivity contribution is 0.415. The third-order valence-electron chi connectivity index (χ3n) is 3.91. The maximum Gasteiger partial charge on any atom is 0.193 e. The Balaban J connectivity index is 0.00000280. The lowest BCUT2D eigenvalue weighted by Crippen LogP contribution is -2.22. The van der Waals surface area contributed by atoms with E-state index in [4.69, 9.17) is 22.1 Å². The van der Waals surface area contributed by atoms with Crippen LogP contribution in [0.4, 0.5) is 5.69 Å². The topological polar surface area (TPSA) is 72.5 Å². The van der Waals surface area contributed by atoms with Crippen molar-refractivity contribution in [2.24, 2.45) is 10.7 Å². The fourth-order valence-electron chi connectivity index (χ4n) is 2.53. The Labute approximate surface area is 191 Å². The van der Waals surface area contributed by atoms with Gasteiger partial charge >= 0.3 is 0 Å². The summed E-state index contributed by atoms with van der Waals surface area (Å²) in [6.07, 6.45) is 1.91. The average Bonchev–Trinajstić information content (AvgIpc) is 3.14. The summed E-state index contributed by atoms with van der Waals surface area (Å²) in [5, 5.41) is 6.67. The Bertz CT molecular complexity index is 918. The van der Waals surface area contributed by atoms with E-state index in [0.29, 0.717) is 23.3 Å². The molecule has 0 radical (unpaired) electrons. The quantitative estimate of drug-likeness (QED) is 0.253. The number of aliphatic imine (C=N–C) groups is 1. The highest BCUT2D eigenvalue weighted by atomic mass is 127. The van der Waals surface area contributed by atoms with E-state index < -0.39 is 0 Å². The van der Waals surface area contributed by atoms with Crippen molar-refractivity contribution in [3.05, 3.63) is 75.2 Å². The number of halogens is 2. The molecule has 0 atom stereocenters. The molecule has 0 aliphatic heterocycles. The first-order valence-electron chi connectivity index (χ1n) is 8.51. The monoisotopic (exact) mass is 528 g/mol. The largest absolute Gasteiger partial charge is 0.495 e. The third-order valence-corrected chi connectivity index (χ3v) is 5.16. The summed E-state index contributed by atoms with van der Waals surface area (Å²) in [6.45, 7) is 0.435. The third kappa shape index (κ3) is 6.65. The van der Waals surface area contributed by atoms with Gasteiger partial charge in [-0.15, -0.1) is 35.3 Å². The van der Waals surface area contributed by atoms with Crippen molar-refractivity contribution < 1.29 is 4.74 Å². The maximum atomic E-state index is 6.11. The number of anilines is 1. The number of rotatable bonds is 7. The van der Waals surface area contributed by atoms with Crippen LogP contribution >= 0.6 is 46.9 Å². The summed E-state index contributed by atoms with van der Waals surface area (Å²) in [4.78, 5) is 8.98. The molecule has 1 heterocycles. The van der Waals surface area contributed by atoms with E-state index in [0.717, 1.165) is 29.2 Å². The molecule has 0 saturated heterocycles. The second-order valence-corrected chi connectivity index (χ2v) is 7.24. The van der Waals surface area contributed by atoms with Crippen LogP contribution in [0.15, 0.2) is 58.9 Å². The van der Waals surface area contributed by atoms with Gasteiger partial charge in [0.1, 0.15) is 5.75 Å². The number of nitrogens with zero attached hydrogens (tertiary/aromatic N) is 2. The zero-order valence-electron chi connectivity index (χ0n) is 15.4. The molecule has 5 nitrogen and oxygen atoms in total. The summed E-state index contributed by atoms with van der Waals surface area (Å²) in [5.74, 6) is 0.929. The van der Waals surface area contributed by atoms with E-state index in [-0.39, 0.29) is 24.0 Å². The minimum atomic E-state index is 0. The molecule has 3 aromatic rings. The van der Waals surface area contributed by atoms with Crippen molar-refractivity contribution >= 4 is 58.6 Å². The van der Waals surface area contributed by atoms with E-state index in [2.05, 4.69) is 39.6 Å². The number of aromatic nitrogens is 1. The SMILES string of the molecule is COc1ccc(NC(N)=NCc2csc(CCc3ccccc3)n2)cc1Cl.I. The van der Waals surface area contributed by atoms with Crippen LogP contribution < -0.4 is 15.8 Å². The van der Waals surface area contributed by atoms with E-state index in [9.17, 15) is 0 Å². The Morgan fingerprint density at radius 2 is 2.00 bits per heavy atom. The molecule has 0 spiro atoms. The Kier molecular flexibility index (Phi) is 9.01. The molecular formula is C20H22ClIN4OS. The van der Waals surface area contributed by atoms with Gasteiger partial charge in [0.15, 0.2) is 5.96 Å². The van der Waals surface area contributed by atoms with Crippen LogP contribution in [0.2, 0.25) is 5.02 Å².